The van der Waals surface area contributed by atoms with Crippen LogP contribution in [-0.4, -0.2) is 26.2 Å². The normalized spacial score (nSPS) is 9.53. The zero-order valence-electron chi connectivity index (χ0n) is 12.6. The summed E-state index contributed by atoms with van der Waals surface area (Å²) in [5, 5.41) is 0. The Hall–Kier alpha value is -1.51. The number of rotatable bonds is 7. The van der Waals surface area contributed by atoms with Crippen molar-refractivity contribution in [3.05, 3.63) is 30.3 Å². The third kappa shape index (κ3) is 9.11. The Morgan fingerprint density at radius 3 is 2.16 bits per heavy atom. The van der Waals surface area contributed by atoms with Gasteiger partial charge in [-0.2, -0.15) is 0 Å². The lowest BCUT2D eigenvalue weighted by Gasteiger charge is -2.20. The molecule has 0 amide bonds. The van der Waals surface area contributed by atoms with Crippen molar-refractivity contribution >= 4 is 12.2 Å². The van der Waals surface area contributed by atoms with Gasteiger partial charge in [-0.25, -0.2) is 0 Å². The molecule has 19 heavy (non-hydrogen) atoms. The van der Waals surface area contributed by atoms with Gasteiger partial charge in [0.2, 0.25) is 0 Å². The van der Waals surface area contributed by atoms with Gasteiger partial charge in [-0.1, -0.05) is 32.0 Å². The van der Waals surface area contributed by atoms with E-state index in [-0.39, 0.29) is 0 Å². The van der Waals surface area contributed by atoms with Crippen LogP contribution in [0.5, 0.6) is 0 Å². The van der Waals surface area contributed by atoms with Crippen LogP contribution in [0.15, 0.2) is 30.3 Å². The van der Waals surface area contributed by atoms with Gasteiger partial charge in [0.1, 0.15) is 0 Å². The topological polar surface area (TPSA) is 29.5 Å². The molecule has 0 aliphatic heterocycles. The maximum absolute atomic E-state index is 9.56. The Balaban J connectivity index is 0.000000362. The molecule has 3 nitrogen and oxygen atoms in total. The number of anilines is 1. The second-order valence-electron chi connectivity index (χ2n) is 4.66. The molecular formula is C16H27NO2. The smallest absolute Gasteiger partial charge is 0.293 e. The number of hydrogen-bond acceptors (Lipinski definition) is 3. The summed E-state index contributed by atoms with van der Waals surface area (Å²) in [6, 6.07) is 10.5. The van der Waals surface area contributed by atoms with Crippen LogP contribution in [0, 0.1) is 5.92 Å². The van der Waals surface area contributed by atoms with Crippen LogP contribution in [-0.2, 0) is 9.53 Å². The first kappa shape index (κ1) is 17.5. The molecule has 108 valence electrons. The van der Waals surface area contributed by atoms with Gasteiger partial charge in [0.15, 0.2) is 0 Å². The molecule has 0 aliphatic rings. The lowest BCUT2D eigenvalue weighted by Crippen LogP contribution is -2.21. The van der Waals surface area contributed by atoms with E-state index >= 15 is 0 Å². The van der Waals surface area contributed by atoms with Crippen molar-refractivity contribution in [2.45, 2.75) is 34.1 Å². The summed E-state index contributed by atoms with van der Waals surface area (Å²) in [7, 11) is 0. The van der Waals surface area contributed by atoms with E-state index in [2.05, 4.69) is 61.6 Å². The van der Waals surface area contributed by atoms with E-state index in [4.69, 9.17) is 0 Å². The minimum Gasteiger partial charge on any atom is -0.468 e. The minimum absolute atomic E-state index is 0.488. The van der Waals surface area contributed by atoms with Crippen molar-refractivity contribution in [1.82, 2.24) is 0 Å². The van der Waals surface area contributed by atoms with E-state index < -0.39 is 0 Å². The van der Waals surface area contributed by atoms with Gasteiger partial charge in [0, 0.05) is 18.8 Å². The third-order valence-corrected chi connectivity index (χ3v) is 2.77. The molecule has 0 atom stereocenters. The van der Waals surface area contributed by atoms with Crippen molar-refractivity contribution in [3.8, 4) is 0 Å². The van der Waals surface area contributed by atoms with E-state index in [1.807, 2.05) is 6.07 Å². The largest absolute Gasteiger partial charge is 0.468 e. The molecule has 0 fully saturated rings. The van der Waals surface area contributed by atoms with Crippen LogP contribution >= 0.6 is 0 Å². The predicted octanol–water partition coefficient (Wildman–Crippen LogP) is 3.74. The Morgan fingerprint density at radius 1 is 1.16 bits per heavy atom. The summed E-state index contributed by atoms with van der Waals surface area (Å²) in [4.78, 5) is 11.9. The van der Waals surface area contributed by atoms with Crippen LogP contribution in [0.2, 0.25) is 0 Å². The maximum atomic E-state index is 9.56. The minimum atomic E-state index is 0.488. The first-order chi connectivity index (χ1) is 9.15. The van der Waals surface area contributed by atoms with E-state index in [0.29, 0.717) is 19.0 Å². The van der Waals surface area contributed by atoms with E-state index in [1.165, 1.54) is 5.69 Å². The van der Waals surface area contributed by atoms with Crippen LogP contribution < -0.4 is 4.90 Å². The van der Waals surface area contributed by atoms with Crippen molar-refractivity contribution < 1.29 is 9.53 Å². The molecule has 0 spiro atoms. The second kappa shape index (κ2) is 11.6. The first-order valence-electron chi connectivity index (χ1n) is 7.00. The van der Waals surface area contributed by atoms with Crippen LogP contribution in [0.1, 0.15) is 34.1 Å². The number of hydrogen-bond donors (Lipinski definition) is 0. The van der Waals surface area contributed by atoms with Gasteiger partial charge in [-0.3, -0.25) is 4.79 Å². The number of carbonyl (C=O) groups excluding carboxylic acids is 1. The van der Waals surface area contributed by atoms with Crippen LogP contribution in [0.25, 0.3) is 0 Å². The molecule has 0 bridgehead atoms. The Bertz CT molecular complexity index is 308. The number of benzene rings is 1. The van der Waals surface area contributed by atoms with E-state index in [0.717, 1.165) is 19.5 Å². The number of nitrogens with zero attached hydrogens (tertiary/aromatic N) is 1. The van der Waals surface area contributed by atoms with Gasteiger partial charge >= 0.3 is 0 Å². The average Bonchev–Trinajstić information content (AvgIpc) is 2.42. The zero-order valence-corrected chi connectivity index (χ0v) is 12.6. The number of ether oxygens (including phenoxy) is 1. The third-order valence-electron chi connectivity index (χ3n) is 2.77. The Labute approximate surface area is 117 Å². The van der Waals surface area contributed by atoms with Crippen LogP contribution in [0.3, 0.4) is 0 Å². The molecule has 0 heterocycles. The molecule has 3 heteroatoms. The highest BCUT2D eigenvalue weighted by molar-refractivity contribution is 5.45. The summed E-state index contributed by atoms with van der Waals surface area (Å²) in [5.41, 5.74) is 1.32. The SMILES string of the molecule is CC(C)CCOC=O.CCN(CC)c1ccccc1. The summed E-state index contributed by atoms with van der Waals surface area (Å²) in [5.74, 6) is 0.620. The average molecular weight is 265 g/mol. The molecule has 1 aromatic rings. The molecule has 0 saturated heterocycles. The van der Waals surface area contributed by atoms with Crippen LogP contribution in [0.4, 0.5) is 5.69 Å². The van der Waals surface area contributed by atoms with Crippen molar-refractivity contribution in [2.24, 2.45) is 5.92 Å². The fourth-order valence-electron chi connectivity index (χ4n) is 1.58. The molecule has 1 aromatic carbocycles. The number of para-hydroxylation sites is 1. The van der Waals surface area contributed by atoms with Gasteiger partial charge in [0.25, 0.3) is 6.47 Å². The molecule has 0 saturated carbocycles. The lowest BCUT2D eigenvalue weighted by atomic mass is 10.1. The molecule has 0 radical (unpaired) electrons. The summed E-state index contributed by atoms with van der Waals surface area (Å²) < 4.78 is 4.46. The summed E-state index contributed by atoms with van der Waals surface area (Å²) in [6.07, 6.45) is 0.957. The second-order valence-corrected chi connectivity index (χ2v) is 4.66. The highest BCUT2D eigenvalue weighted by Gasteiger charge is 1.97. The fourth-order valence-corrected chi connectivity index (χ4v) is 1.58. The van der Waals surface area contributed by atoms with Gasteiger partial charge in [-0.15, -0.1) is 0 Å². The molecule has 0 N–H and O–H groups in total. The van der Waals surface area contributed by atoms with Gasteiger partial charge in [-0.05, 0) is 38.3 Å². The van der Waals surface area contributed by atoms with Gasteiger partial charge in [0.05, 0.1) is 6.61 Å². The van der Waals surface area contributed by atoms with E-state index in [1.54, 1.807) is 0 Å². The molecule has 0 aromatic heterocycles. The standard InChI is InChI=1S/C10H15N.C6H12O2/c1-3-11(4-2)10-8-6-5-7-9-10;1-6(2)3-4-8-5-7/h5-9H,3-4H2,1-2H3;5-6H,3-4H2,1-2H3. The highest BCUT2D eigenvalue weighted by atomic mass is 16.5. The van der Waals surface area contributed by atoms with Gasteiger partial charge < -0.3 is 9.64 Å². The quantitative estimate of drug-likeness (QED) is 0.555. The summed E-state index contributed by atoms with van der Waals surface area (Å²) >= 11 is 0. The monoisotopic (exact) mass is 265 g/mol. The van der Waals surface area contributed by atoms with Crippen molar-refractivity contribution in [3.63, 3.8) is 0 Å². The predicted molar refractivity (Wildman–Crippen MR) is 81.5 cm³/mol. The van der Waals surface area contributed by atoms with Crippen molar-refractivity contribution in [2.75, 3.05) is 24.6 Å². The fraction of sp³-hybridized carbons (Fsp3) is 0.562. The lowest BCUT2D eigenvalue weighted by molar-refractivity contribution is -0.128. The molecular weight excluding hydrogens is 238 g/mol. The van der Waals surface area contributed by atoms with E-state index in [9.17, 15) is 4.79 Å². The number of carbonyl (C=O) groups is 1. The zero-order chi connectivity index (χ0) is 14.5. The highest BCUT2D eigenvalue weighted by Crippen LogP contribution is 2.11. The Kier molecular flexibility index (Phi) is 10.7. The molecule has 1 rings (SSSR count). The molecule has 0 aliphatic carbocycles. The Morgan fingerprint density at radius 2 is 1.74 bits per heavy atom. The molecule has 0 unspecified atom stereocenters. The summed E-state index contributed by atoms with van der Waals surface area (Å²) in [6.45, 7) is 11.7. The first-order valence-corrected chi connectivity index (χ1v) is 7.00. The maximum Gasteiger partial charge on any atom is 0.293 e. The van der Waals surface area contributed by atoms with Crippen molar-refractivity contribution in [1.29, 1.82) is 0 Å².